The Morgan fingerprint density at radius 1 is 0.926 bits per heavy atom. The lowest BCUT2D eigenvalue weighted by atomic mass is 10.0. The van der Waals surface area contributed by atoms with Gasteiger partial charge in [0.05, 0.1) is 16.8 Å². The fourth-order valence-corrected chi connectivity index (χ4v) is 3.16. The molecule has 27 heavy (non-hydrogen) atoms. The van der Waals surface area contributed by atoms with Crippen molar-refractivity contribution >= 4 is 22.5 Å². The number of nitrogens with zero attached hydrogens (tertiary/aromatic N) is 3. The third kappa shape index (κ3) is 3.29. The SMILES string of the molecule is Cc1cccc(N(C)C(=O)c2cc(-c3ccncc3)nc3ccccc23)c1. The van der Waals surface area contributed by atoms with E-state index in [0.29, 0.717) is 5.56 Å². The van der Waals surface area contributed by atoms with Crippen LogP contribution in [0.4, 0.5) is 5.69 Å². The summed E-state index contributed by atoms with van der Waals surface area (Å²) in [7, 11) is 1.80. The summed E-state index contributed by atoms with van der Waals surface area (Å²) in [6.45, 7) is 2.02. The van der Waals surface area contributed by atoms with Crippen LogP contribution in [0.5, 0.6) is 0 Å². The van der Waals surface area contributed by atoms with Crippen LogP contribution in [-0.4, -0.2) is 22.9 Å². The molecule has 0 aliphatic heterocycles. The quantitative estimate of drug-likeness (QED) is 0.527. The second kappa shape index (κ2) is 7.00. The third-order valence-electron chi connectivity index (χ3n) is 4.62. The summed E-state index contributed by atoms with van der Waals surface area (Å²) >= 11 is 0. The Morgan fingerprint density at radius 3 is 2.48 bits per heavy atom. The van der Waals surface area contributed by atoms with Gasteiger partial charge in [0, 0.05) is 36.1 Å². The van der Waals surface area contributed by atoms with E-state index in [4.69, 9.17) is 4.98 Å². The van der Waals surface area contributed by atoms with Gasteiger partial charge in [-0.3, -0.25) is 9.78 Å². The molecule has 0 saturated heterocycles. The topological polar surface area (TPSA) is 46.1 Å². The molecule has 1 amide bonds. The van der Waals surface area contributed by atoms with Gasteiger partial charge in [0.15, 0.2) is 0 Å². The maximum Gasteiger partial charge on any atom is 0.258 e. The van der Waals surface area contributed by atoms with E-state index in [1.54, 1.807) is 24.3 Å². The number of rotatable bonds is 3. The van der Waals surface area contributed by atoms with Gasteiger partial charge in [-0.1, -0.05) is 30.3 Å². The van der Waals surface area contributed by atoms with Crippen molar-refractivity contribution in [1.82, 2.24) is 9.97 Å². The van der Waals surface area contributed by atoms with E-state index >= 15 is 0 Å². The number of aryl methyl sites for hydroxylation is 1. The number of carbonyl (C=O) groups excluding carboxylic acids is 1. The standard InChI is InChI=1S/C23H19N3O/c1-16-6-5-7-18(14-16)26(2)23(27)20-15-22(17-10-12-24-13-11-17)25-21-9-4-3-8-19(20)21/h3-15H,1-2H3. The number of anilines is 1. The Morgan fingerprint density at radius 2 is 1.70 bits per heavy atom. The number of hydrogen-bond donors (Lipinski definition) is 0. The monoisotopic (exact) mass is 353 g/mol. The summed E-state index contributed by atoms with van der Waals surface area (Å²) in [4.78, 5) is 23.8. The molecule has 0 spiro atoms. The van der Waals surface area contributed by atoms with Crippen LogP contribution in [-0.2, 0) is 0 Å². The van der Waals surface area contributed by atoms with Crippen LogP contribution >= 0.6 is 0 Å². The number of hydrogen-bond acceptors (Lipinski definition) is 3. The minimum atomic E-state index is -0.0606. The number of fused-ring (bicyclic) bond motifs is 1. The van der Waals surface area contributed by atoms with E-state index in [0.717, 1.165) is 33.4 Å². The first-order valence-corrected chi connectivity index (χ1v) is 8.78. The molecule has 0 bridgehead atoms. The van der Waals surface area contributed by atoms with Crippen molar-refractivity contribution in [2.75, 3.05) is 11.9 Å². The van der Waals surface area contributed by atoms with E-state index in [9.17, 15) is 4.79 Å². The third-order valence-corrected chi connectivity index (χ3v) is 4.62. The van der Waals surface area contributed by atoms with E-state index in [2.05, 4.69) is 4.98 Å². The number of amides is 1. The molecule has 0 aliphatic rings. The van der Waals surface area contributed by atoms with Crippen LogP contribution in [0, 0.1) is 6.92 Å². The molecule has 132 valence electrons. The van der Waals surface area contributed by atoms with Crippen LogP contribution in [0.25, 0.3) is 22.2 Å². The summed E-state index contributed by atoms with van der Waals surface area (Å²) in [5.41, 5.74) is 5.11. The summed E-state index contributed by atoms with van der Waals surface area (Å²) in [5.74, 6) is -0.0606. The first-order valence-electron chi connectivity index (χ1n) is 8.78. The molecule has 0 N–H and O–H groups in total. The lowest BCUT2D eigenvalue weighted by Crippen LogP contribution is -2.26. The number of carbonyl (C=O) groups is 1. The largest absolute Gasteiger partial charge is 0.311 e. The minimum Gasteiger partial charge on any atom is -0.311 e. The number of pyridine rings is 2. The van der Waals surface area contributed by atoms with Crippen molar-refractivity contribution in [2.24, 2.45) is 0 Å². The molecule has 4 aromatic rings. The smallest absolute Gasteiger partial charge is 0.258 e. The van der Waals surface area contributed by atoms with Gasteiger partial charge in [-0.25, -0.2) is 4.98 Å². The summed E-state index contributed by atoms with van der Waals surface area (Å²) in [6, 6.07) is 21.3. The first kappa shape index (κ1) is 16.9. The van der Waals surface area contributed by atoms with Crippen molar-refractivity contribution in [3.63, 3.8) is 0 Å². The van der Waals surface area contributed by atoms with Crippen molar-refractivity contribution in [3.05, 3.63) is 90.3 Å². The van der Waals surface area contributed by atoms with Crippen molar-refractivity contribution in [1.29, 1.82) is 0 Å². The Labute approximate surface area is 158 Å². The summed E-state index contributed by atoms with van der Waals surface area (Å²) in [6.07, 6.45) is 3.46. The van der Waals surface area contributed by atoms with Gasteiger partial charge in [0.2, 0.25) is 0 Å². The predicted octanol–water partition coefficient (Wildman–Crippen LogP) is 4.88. The zero-order chi connectivity index (χ0) is 18.8. The predicted molar refractivity (Wildman–Crippen MR) is 109 cm³/mol. The summed E-state index contributed by atoms with van der Waals surface area (Å²) in [5, 5.41) is 0.847. The maximum absolute atomic E-state index is 13.3. The number of para-hydroxylation sites is 1. The fraction of sp³-hybridized carbons (Fsp3) is 0.0870. The van der Waals surface area contributed by atoms with Crippen LogP contribution in [0.1, 0.15) is 15.9 Å². The van der Waals surface area contributed by atoms with Crippen molar-refractivity contribution < 1.29 is 4.79 Å². The Balaban J connectivity index is 1.86. The maximum atomic E-state index is 13.3. The Hall–Kier alpha value is -3.53. The van der Waals surface area contributed by atoms with Crippen LogP contribution in [0.15, 0.2) is 79.1 Å². The van der Waals surface area contributed by atoms with Gasteiger partial charge in [0.25, 0.3) is 5.91 Å². The van der Waals surface area contributed by atoms with Crippen molar-refractivity contribution in [3.8, 4) is 11.3 Å². The average molecular weight is 353 g/mol. The van der Waals surface area contributed by atoms with Gasteiger partial charge >= 0.3 is 0 Å². The normalized spacial score (nSPS) is 10.7. The van der Waals surface area contributed by atoms with Crippen molar-refractivity contribution in [2.45, 2.75) is 6.92 Å². The molecule has 0 atom stereocenters. The highest BCUT2D eigenvalue weighted by molar-refractivity contribution is 6.14. The zero-order valence-corrected chi connectivity index (χ0v) is 15.3. The molecule has 0 saturated carbocycles. The Bertz CT molecular complexity index is 1120. The highest BCUT2D eigenvalue weighted by atomic mass is 16.2. The molecular weight excluding hydrogens is 334 g/mol. The van der Waals surface area contributed by atoms with Gasteiger partial charge < -0.3 is 4.90 Å². The van der Waals surface area contributed by atoms with Crippen LogP contribution < -0.4 is 4.90 Å². The number of aromatic nitrogens is 2. The molecule has 2 heterocycles. The van der Waals surface area contributed by atoms with E-state index < -0.39 is 0 Å². The Kier molecular flexibility index (Phi) is 4.38. The minimum absolute atomic E-state index is 0.0606. The molecule has 0 fully saturated rings. The lowest BCUT2D eigenvalue weighted by Gasteiger charge is -2.19. The summed E-state index contributed by atoms with van der Waals surface area (Å²) < 4.78 is 0. The van der Waals surface area contributed by atoms with Gasteiger partial charge in [-0.2, -0.15) is 0 Å². The lowest BCUT2D eigenvalue weighted by molar-refractivity contribution is 0.0994. The molecule has 0 unspecified atom stereocenters. The first-order chi connectivity index (χ1) is 13.1. The van der Waals surface area contributed by atoms with Gasteiger partial charge in [-0.05, 0) is 48.9 Å². The molecule has 4 rings (SSSR count). The van der Waals surface area contributed by atoms with E-state index in [1.807, 2.05) is 73.7 Å². The fourth-order valence-electron chi connectivity index (χ4n) is 3.16. The van der Waals surface area contributed by atoms with E-state index in [1.165, 1.54) is 0 Å². The molecule has 2 aromatic heterocycles. The highest BCUT2D eigenvalue weighted by Crippen LogP contribution is 2.27. The molecule has 4 nitrogen and oxygen atoms in total. The highest BCUT2D eigenvalue weighted by Gasteiger charge is 2.18. The second-order valence-electron chi connectivity index (χ2n) is 6.51. The molecule has 2 aromatic carbocycles. The molecule has 0 aliphatic carbocycles. The van der Waals surface area contributed by atoms with Crippen LogP contribution in [0.3, 0.4) is 0 Å². The average Bonchev–Trinajstić information content (AvgIpc) is 2.72. The van der Waals surface area contributed by atoms with Gasteiger partial charge in [0.1, 0.15) is 0 Å². The number of benzene rings is 2. The second-order valence-corrected chi connectivity index (χ2v) is 6.51. The van der Waals surface area contributed by atoms with Crippen LogP contribution in [0.2, 0.25) is 0 Å². The molecule has 4 heteroatoms. The van der Waals surface area contributed by atoms with Gasteiger partial charge in [-0.15, -0.1) is 0 Å². The molecular formula is C23H19N3O. The van der Waals surface area contributed by atoms with E-state index in [-0.39, 0.29) is 5.91 Å². The molecule has 0 radical (unpaired) electrons. The zero-order valence-electron chi connectivity index (χ0n) is 15.3.